The molecule has 4 aromatic rings. The number of ether oxygens (including phenoxy) is 2. The van der Waals surface area contributed by atoms with E-state index in [1.165, 1.54) is 17.3 Å². The second kappa shape index (κ2) is 11.3. The van der Waals surface area contributed by atoms with Crippen LogP contribution in [0.25, 0.3) is 5.69 Å². The summed E-state index contributed by atoms with van der Waals surface area (Å²) < 4.78 is 14.2. The largest absolute Gasteiger partial charge is 0.485 e. The predicted octanol–water partition coefficient (Wildman–Crippen LogP) is 5.35. The van der Waals surface area contributed by atoms with E-state index >= 15 is 0 Å². The molecule has 0 aliphatic carbocycles. The lowest BCUT2D eigenvalue weighted by atomic mass is 9.90. The molecule has 3 heterocycles. The number of likely N-dealkylation sites (tertiary alicyclic amines) is 1. The Morgan fingerprint density at radius 2 is 1.55 bits per heavy atom. The lowest BCUT2D eigenvalue weighted by molar-refractivity contribution is -0.129. The number of carbonyl (C=O) groups excluding carboxylic acids is 1. The molecule has 0 saturated carbocycles. The fraction of sp³-hybridized carbons (Fsp3) is 0.300. The summed E-state index contributed by atoms with van der Waals surface area (Å²) in [6.07, 6.45) is 2.75. The molecule has 0 spiro atoms. The fourth-order valence-electron chi connectivity index (χ4n) is 5.10. The number of aromatic nitrogens is 3. The maximum absolute atomic E-state index is 13.1. The molecule has 1 amide bonds. The van der Waals surface area contributed by atoms with E-state index in [1.54, 1.807) is 0 Å². The van der Waals surface area contributed by atoms with Crippen LogP contribution >= 0.6 is 11.8 Å². The van der Waals surface area contributed by atoms with Gasteiger partial charge in [0.2, 0.25) is 5.91 Å². The van der Waals surface area contributed by atoms with E-state index in [-0.39, 0.29) is 5.91 Å². The van der Waals surface area contributed by atoms with Gasteiger partial charge in [0.05, 0.1) is 5.75 Å². The number of benzene rings is 3. The summed E-state index contributed by atoms with van der Waals surface area (Å²) in [6.45, 7) is 1.95. The van der Waals surface area contributed by atoms with E-state index in [1.807, 2.05) is 64.1 Å². The van der Waals surface area contributed by atoms with Gasteiger partial charge >= 0.3 is 0 Å². The van der Waals surface area contributed by atoms with E-state index in [2.05, 4.69) is 40.5 Å². The van der Waals surface area contributed by atoms with Gasteiger partial charge in [-0.3, -0.25) is 9.36 Å². The van der Waals surface area contributed by atoms with Crippen LogP contribution in [-0.2, 0) is 11.2 Å². The van der Waals surface area contributed by atoms with Gasteiger partial charge in [-0.2, -0.15) is 0 Å². The molecule has 1 aromatic heterocycles. The molecule has 0 unspecified atom stereocenters. The van der Waals surface area contributed by atoms with Crippen LogP contribution in [0, 0.1) is 5.92 Å². The molecule has 1 atom stereocenters. The Hall–Kier alpha value is -3.78. The summed E-state index contributed by atoms with van der Waals surface area (Å²) in [4.78, 5) is 15.1. The Bertz CT molecular complexity index is 1370. The molecule has 194 valence electrons. The van der Waals surface area contributed by atoms with Gasteiger partial charge in [-0.05, 0) is 55.0 Å². The first kappa shape index (κ1) is 24.6. The average molecular weight is 527 g/mol. The van der Waals surface area contributed by atoms with E-state index < -0.39 is 6.10 Å². The van der Waals surface area contributed by atoms with Crippen molar-refractivity contribution >= 4 is 17.7 Å². The van der Waals surface area contributed by atoms with Crippen molar-refractivity contribution < 1.29 is 14.3 Å². The molecule has 1 saturated heterocycles. The molecule has 7 nitrogen and oxygen atoms in total. The highest BCUT2D eigenvalue weighted by Gasteiger charge is 2.30. The van der Waals surface area contributed by atoms with Gasteiger partial charge in [-0.15, -0.1) is 10.2 Å². The summed E-state index contributed by atoms with van der Waals surface area (Å²) in [7, 11) is 0. The first-order valence-electron chi connectivity index (χ1n) is 13.1. The highest BCUT2D eigenvalue weighted by molar-refractivity contribution is 7.99. The van der Waals surface area contributed by atoms with Crippen LogP contribution in [0.4, 0.5) is 0 Å². The van der Waals surface area contributed by atoms with Gasteiger partial charge < -0.3 is 14.4 Å². The third-order valence-corrected chi connectivity index (χ3v) is 8.04. The normalized spacial score (nSPS) is 17.4. The standard InChI is InChI=1S/C30H30N4O3S/c35-28(33-17-15-23(16-18-33)19-22-9-3-1-4-10-22)21-38-30-32-31-29(34(30)24-11-5-2-6-12-24)27-20-36-25-13-7-8-14-26(25)37-27/h1-14,23,27H,15-21H2/t27-/m1/s1. The Morgan fingerprint density at radius 3 is 2.32 bits per heavy atom. The van der Waals surface area contributed by atoms with Crippen LogP contribution in [-0.4, -0.2) is 51.0 Å². The van der Waals surface area contributed by atoms with Crippen LogP contribution < -0.4 is 9.47 Å². The van der Waals surface area contributed by atoms with Crippen LogP contribution in [0.5, 0.6) is 11.5 Å². The highest BCUT2D eigenvalue weighted by Crippen LogP contribution is 2.37. The van der Waals surface area contributed by atoms with E-state index in [4.69, 9.17) is 9.47 Å². The number of amides is 1. The maximum Gasteiger partial charge on any atom is 0.233 e. The quantitative estimate of drug-likeness (QED) is 0.302. The van der Waals surface area contributed by atoms with Gasteiger partial charge in [0, 0.05) is 18.8 Å². The molecule has 2 aliphatic rings. The minimum Gasteiger partial charge on any atom is -0.485 e. The van der Waals surface area contributed by atoms with Crippen molar-refractivity contribution in [3.8, 4) is 17.2 Å². The molecule has 6 rings (SSSR count). The zero-order chi connectivity index (χ0) is 25.7. The number of fused-ring (bicyclic) bond motifs is 1. The monoisotopic (exact) mass is 526 g/mol. The third-order valence-electron chi connectivity index (χ3n) is 7.13. The number of piperidine rings is 1. The SMILES string of the molecule is O=C(CSc1nnc([C@H]2COc3ccccc3O2)n1-c1ccccc1)N1CCC(Cc2ccccc2)CC1. The Balaban J connectivity index is 1.12. The summed E-state index contributed by atoms with van der Waals surface area (Å²) in [5.74, 6) is 3.15. The summed E-state index contributed by atoms with van der Waals surface area (Å²) in [5, 5.41) is 9.63. The number of carbonyl (C=O) groups is 1. The van der Waals surface area contributed by atoms with Crippen molar-refractivity contribution in [2.24, 2.45) is 5.92 Å². The number of hydrogen-bond acceptors (Lipinski definition) is 6. The average Bonchev–Trinajstić information content (AvgIpc) is 3.41. The molecular formula is C30H30N4O3S. The molecule has 3 aromatic carbocycles. The summed E-state index contributed by atoms with van der Waals surface area (Å²) in [6, 6.07) is 28.2. The molecule has 8 heteroatoms. The molecular weight excluding hydrogens is 496 g/mol. The molecule has 1 fully saturated rings. The molecule has 0 radical (unpaired) electrons. The zero-order valence-electron chi connectivity index (χ0n) is 21.1. The first-order valence-corrected chi connectivity index (χ1v) is 14.1. The van der Waals surface area contributed by atoms with Crippen molar-refractivity contribution in [1.82, 2.24) is 19.7 Å². The van der Waals surface area contributed by atoms with Gasteiger partial charge in [-0.1, -0.05) is 72.4 Å². The van der Waals surface area contributed by atoms with Gasteiger partial charge in [0.25, 0.3) is 0 Å². The highest BCUT2D eigenvalue weighted by atomic mass is 32.2. The summed E-state index contributed by atoms with van der Waals surface area (Å²) >= 11 is 1.42. The lowest BCUT2D eigenvalue weighted by Crippen LogP contribution is -2.39. The van der Waals surface area contributed by atoms with Crippen LogP contribution in [0.2, 0.25) is 0 Å². The molecule has 0 bridgehead atoms. The second-order valence-electron chi connectivity index (χ2n) is 9.68. The van der Waals surface area contributed by atoms with Gasteiger partial charge in [0.1, 0.15) is 6.61 Å². The first-order chi connectivity index (χ1) is 18.7. The number of rotatable bonds is 7. The fourth-order valence-corrected chi connectivity index (χ4v) is 5.96. The number of thioether (sulfide) groups is 1. The van der Waals surface area contributed by atoms with Crippen molar-refractivity contribution in [2.75, 3.05) is 25.4 Å². The lowest BCUT2D eigenvalue weighted by Gasteiger charge is -2.32. The number of nitrogens with zero attached hydrogens (tertiary/aromatic N) is 4. The predicted molar refractivity (Wildman–Crippen MR) is 147 cm³/mol. The topological polar surface area (TPSA) is 69.5 Å². The van der Waals surface area contributed by atoms with Crippen LogP contribution in [0.1, 0.15) is 30.3 Å². The van der Waals surface area contributed by atoms with Gasteiger partial charge in [-0.25, -0.2) is 0 Å². The maximum atomic E-state index is 13.1. The van der Waals surface area contributed by atoms with E-state index in [9.17, 15) is 4.79 Å². The molecule has 2 aliphatic heterocycles. The van der Waals surface area contributed by atoms with Crippen molar-refractivity contribution in [2.45, 2.75) is 30.5 Å². The summed E-state index contributed by atoms with van der Waals surface area (Å²) in [5.41, 5.74) is 2.30. The minimum atomic E-state index is -0.411. The van der Waals surface area contributed by atoms with Crippen molar-refractivity contribution in [3.63, 3.8) is 0 Å². The zero-order valence-corrected chi connectivity index (χ0v) is 21.9. The van der Waals surface area contributed by atoms with E-state index in [0.717, 1.165) is 43.8 Å². The van der Waals surface area contributed by atoms with Crippen LogP contribution in [0.15, 0.2) is 90.1 Å². The second-order valence-corrected chi connectivity index (χ2v) is 10.6. The van der Waals surface area contributed by atoms with Crippen molar-refractivity contribution in [3.05, 3.63) is 96.3 Å². The molecule has 0 N–H and O–H groups in total. The van der Waals surface area contributed by atoms with Crippen LogP contribution in [0.3, 0.4) is 0 Å². The Morgan fingerprint density at radius 1 is 0.868 bits per heavy atom. The van der Waals surface area contributed by atoms with Crippen molar-refractivity contribution in [1.29, 1.82) is 0 Å². The number of hydrogen-bond donors (Lipinski definition) is 0. The minimum absolute atomic E-state index is 0.142. The van der Waals surface area contributed by atoms with E-state index in [0.29, 0.717) is 35.0 Å². The smallest absolute Gasteiger partial charge is 0.233 e. The Kier molecular flexibility index (Phi) is 7.31. The van der Waals surface area contributed by atoms with Gasteiger partial charge in [0.15, 0.2) is 28.6 Å². The third kappa shape index (κ3) is 5.41. The Labute approximate surface area is 226 Å². The number of para-hydroxylation sites is 3. The molecule has 38 heavy (non-hydrogen) atoms.